The quantitative estimate of drug-likeness (QED) is 0.0318. The van der Waals surface area contributed by atoms with Crippen LogP contribution in [0.1, 0.15) is 116 Å². The summed E-state index contributed by atoms with van der Waals surface area (Å²) in [5.41, 5.74) is 0.731. The maximum absolute atomic E-state index is 14.1. The van der Waals surface area contributed by atoms with Crippen LogP contribution in [0.3, 0.4) is 0 Å². The molecule has 5 rings (SSSR count). The number of Topliss-reactive ketones (excluding diaryl/α,β-unsaturated/α-hetero) is 1. The van der Waals surface area contributed by atoms with Crippen LogP contribution in [0.5, 0.6) is 17.2 Å². The molecule has 25 heteroatoms. The molecule has 1 aliphatic heterocycles. The molecule has 0 spiro atoms. The number of benzene rings is 2. The fraction of sp³-hybridized carbons (Fsp3) is 0.510. The number of hydrogen-bond acceptors (Lipinski definition) is 19. The van der Waals surface area contributed by atoms with Crippen molar-refractivity contribution in [3.05, 3.63) is 63.7 Å². The van der Waals surface area contributed by atoms with Crippen LogP contribution in [0.15, 0.2) is 30.4 Å². The van der Waals surface area contributed by atoms with E-state index < -0.39 is 168 Å². The van der Waals surface area contributed by atoms with Gasteiger partial charge in [0.15, 0.2) is 17.9 Å². The summed E-state index contributed by atoms with van der Waals surface area (Å²) in [7, 11) is 1.26. The molecule has 1 fully saturated rings. The number of nitrogens with one attached hydrogen (secondary N) is 5. The number of esters is 1. The number of ketones is 3. The van der Waals surface area contributed by atoms with Gasteiger partial charge in [0, 0.05) is 48.1 Å². The molecule has 2 aliphatic carbocycles. The number of aromatic hydroxyl groups is 2. The smallest absolute Gasteiger partial charge is 0.330 e. The number of ether oxygens (including phenoxy) is 4. The Kier molecular flexibility index (Phi) is 18.8. The molecule has 402 valence electrons. The highest BCUT2D eigenvalue weighted by atomic mass is 16.7. The van der Waals surface area contributed by atoms with Gasteiger partial charge in [0.2, 0.25) is 41.2 Å². The van der Waals surface area contributed by atoms with E-state index in [1.54, 1.807) is 20.8 Å². The number of nitrogens with two attached hydrogens (primary N) is 1. The Morgan fingerprint density at radius 2 is 1.50 bits per heavy atom. The molecule has 10 atom stereocenters. The van der Waals surface area contributed by atoms with Crippen molar-refractivity contribution in [1.29, 1.82) is 0 Å². The van der Waals surface area contributed by atoms with Crippen LogP contribution < -0.4 is 37.1 Å². The van der Waals surface area contributed by atoms with Crippen molar-refractivity contribution in [1.82, 2.24) is 26.6 Å². The molecule has 0 radical (unpaired) electrons. The van der Waals surface area contributed by atoms with Gasteiger partial charge < -0.3 is 76.8 Å². The van der Waals surface area contributed by atoms with Crippen LogP contribution in [0.25, 0.3) is 0 Å². The van der Waals surface area contributed by atoms with Crippen molar-refractivity contribution >= 4 is 58.8 Å². The van der Waals surface area contributed by atoms with Crippen LogP contribution in [0, 0.1) is 5.92 Å². The van der Waals surface area contributed by atoms with Crippen molar-refractivity contribution in [2.45, 2.75) is 134 Å². The number of amides is 6. The number of phenols is 2. The lowest BCUT2D eigenvalue weighted by atomic mass is 9.72. The fourth-order valence-electron chi connectivity index (χ4n) is 8.89. The summed E-state index contributed by atoms with van der Waals surface area (Å²) >= 11 is 0. The molecule has 25 nitrogen and oxygen atoms in total. The Morgan fingerprint density at radius 1 is 0.865 bits per heavy atom. The third-order valence-electron chi connectivity index (χ3n) is 12.6. The lowest BCUT2D eigenvalue weighted by Gasteiger charge is -2.43. The molecule has 0 aromatic heterocycles. The van der Waals surface area contributed by atoms with Crippen molar-refractivity contribution in [2.75, 3.05) is 20.3 Å². The zero-order chi connectivity index (χ0) is 55.1. The lowest BCUT2D eigenvalue weighted by molar-refractivity contribution is -0.249. The largest absolute Gasteiger partial charge is 0.507 e. The Morgan fingerprint density at radius 3 is 2.12 bits per heavy atom. The number of phenolic OH excluding ortho intramolecular Hbond substituents is 2. The van der Waals surface area contributed by atoms with Gasteiger partial charge >= 0.3 is 5.97 Å². The Labute approximate surface area is 423 Å². The molecule has 1 saturated heterocycles. The predicted molar refractivity (Wildman–Crippen MR) is 254 cm³/mol. The van der Waals surface area contributed by atoms with Crippen LogP contribution in [0.2, 0.25) is 0 Å². The maximum atomic E-state index is 14.1. The summed E-state index contributed by atoms with van der Waals surface area (Å²) in [6, 6.07) is -2.70. The summed E-state index contributed by atoms with van der Waals surface area (Å²) in [5.74, 6) is -11.2. The summed E-state index contributed by atoms with van der Waals surface area (Å²) in [5, 5.41) is 68.7. The van der Waals surface area contributed by atoms with E-state index in [2.05, 4.69) is 26.6 Å². The van der Waals surface area contributed by atoms with Crippen molar-refractivity contribution in [3.63, 3.8) is 0 Å². The van der Waals surface area contributed by atoms with E-state index in [1.807, 2.05) is 0 Å². The highest BCUT2D eigenvalue weighted by Crippen LogP contribution is 2.52. The minimum absolute atomic E-state index is 0.00362. The van der Waals surface area contributed by atoms with Gasteiger partial charge in [-0.1, -0.05) is 26.0 Å². The monoisotopic (exact) mass is 1040 g/mol. The minimum atomic E-state index is -2.47. The molecule has 3 aliphatic rings. The molecule has 1 heterocycles. The molecular formula is C49H62N6O19. The number of hydrogen-bond donors (Lipinski definition) is 11. The van der Waals surface area contributed by atoms with E-state index in [0.717, 1.165) is 12.2 Å². The first-order valence-corrected chi connectivity index (χ1v) is 23.6. The second kappa shape index (κ2) is 24.1. The summed E-state index contributed by atoms with van der Waals surface area (Å²) in [6.07, 6.45) is -6.54. The number of methoxy groups -OCH3 is 1. The molecule has 74 heavy (non-hydrogen) atoms. The molecule has 0 unspecified atom stereocenters. The van der Waals surface area contributed by atoms with Crippen molar-refractivity contribution < 1.29 is 92.4 Å². The first kappa shape index (κ1) is 57.6. The van der Waals surface area contributed by atoms with Gasteiger partial charge in [0.1, 0.15) is 59.7 Å². The normalized spacial score (nSPS) is 22.7. The van der Waals surface area contributed by atoms with Crippen molar-refractivity contribution in [2.24, 2.45) is 11.7 Å². The van der Waals surface area contributed by atoms with Gasteiger partial charge in [-0.3, -0.25) is 43.2 Å². The number of primary amides is 1. The molecular weight excluding hydrogens is 977 g/mol. The molecule has 0 saturated carbocycles. The average molecular weight is 1040 g/mol. The van der Waals surface area contributed by atoms with Crippen LogP contribution >= 0.6 is 0 Å². The standard InChI is InChI=1S/C49H62N6O19/c1-8-72-34(60)13-12-33(59)51-21(4)45(66)52-22(5)46(67)54-28(15-32(50)58)48(69)55-27(14-20(2)3)47(68)53-26-16-35(73-23(6)40(26)61)74-30-18-49(70,31(57)19-56)17-25-37(30)44(65)39-38(42(25)63)41(62)24-10-9-11-29(71-7)36(24)43(39)64/h9-13,20-23,26-28,30,35,40,56,61,63,65,70H,8,14-19H2,1-7H3,(H2,50,58)(H,51,59)(H,52,66)(H,53,68)(H,54,67)(H,55,69)/b13-12+/t21-,22-,23-,26-,27-,28-,30-,35-,40+,49-/m0/s1. The van der Waals surface area contributed by atoms with Crippen LogP contribution in [-0.2, 0) is 59.0 Å². The first-order valence-electron chi connectivity index (χ1n) is 23.6. The van der Waals surface area contributed by atoms with Gasteiger partial charge in [0.05, 0.1) is 55.1 Å². The van der Waals surface area contributed by atoms with Crippen molar-refractivity contribution in [3.8, 4) is 17.2 Å². The van der Waals surface area contributed by atoms with Gasteiger partial charge in [-0.05, 0) is 46.1 Å². The first-order chi connectivity index (χ1) is 34.8. The number of aliphatic hydroxyl groups is 3. The molecule has 2 aromatic carbocycles. The zero-order valence-electron chi connectivity index (χ0n) is 41.6. The second-order valence-corrected chi connectivity index (χ2v) is 18.6. The predicted octanol–water partition coefficient (Wildman–Crippen LogP) is -1.82. The maximum Gasteiger partial charge on any atom is 0.330 e. The van der Waals surface area contributed by atoms with E-state index in [9.17, 15) is 73.5 Å². The number of fused-ring (bicyclic) bond motifs is 3. The van der Waals surface area contributed by atoms with E-state index in [0.29, 0.717) is 0 Å². The number of rotatable bonds is 21. The zero-order valence-corrected chi connectivity index (χ0v) is 41.6. The molecule has 12 N–H and O–H groups in total. The van der Waals surface area contributed by atoms with Gasteiger partial charge in [-0.15, -0.1) is 0 Å². The lowest BCUT2D eigenvalue weighted by Crippen LogP contribution is -2.61. The highest BCUT2D eigenvalue weighted by molar-refractivity contribution is 6.31. The average Bonchev–Trinajstić information content (AvgIpc) is 3.33. The fourth-order valence-corrected chi connectivity index (χ4v) is 8.89. The number of carbonyl (C=O) groups is 10. The third kappa shape index (κ3) is 12.9. The van der Waals surface area contributed by atoms with Gasteiger partial charge in [0.25, 0.3) is 0 Å². The van der Waals surface area contributed by atoms with E-state index in [1.165, 1.54) is 46.1 Å². The summed E-state index contributed by atoms with van der Waals surface area (Å²) < 4.78 is 22.2. The molecule has 0 bridgehead atoms. The van der Waals surface area contributed by atoms with E-state index in [-0.39, 0.29) is 53.4 Å². The second-order valence-electron chi connectivity index (χ2n) is 18.6. The van der Waals surface area contributed by atoms with Gasteiger partial charge in [-0.2, -0.15) is 0 Å². The summed E-state index contributed by atoms with van der Waals surface area (Å²) in [4.78, 5) is 131. The van der Waals surface area contributed by atoms with Gasteiger partial charge in [-0.25, -0.2) is 4.79 Å². The third-order valence-corrected chi connectivity index (χ3v) is 12.6. The Bertz CT molecular complexity index is 2620. The van der Waals surface area contributed by atoms with Crippen LogP contribution in [-0.4, -0.2) is 159 Å². The number of aliphatic hydroxyl groups excluding tert-OH is 2. The van der Waals surface area contributed by atoms with E-state index >= 15 is 0 Å². The Balaban J connectivity index is 1.34. The SMILES string of the molecule is CCOC(=O)/C=C/C(=O)N[C@@H](C)C(=O)N[C@@H](C)C(=O)N[C@@H](CC(N)=O)C(=O)N[C@@H](CC(C)C)C(=O)N[C@H]1C[C@H](O[C@H]2C[C@](O)(C(=O)CO)Cc3c(O)c4c(c(O)c32)C(=O)c2c(OC)cccc2C4=O)O[C@@H](C)[C@H]1O. The van der Waals surface area contributed by atoms with Crippen LogP contribution in [0.4, 0.5) is 0 Å². The minimum Gasteiger partial charge on any atom is -0.507 e. The highest BCUT2D eigenvalue weighted by Gasteiger charge is 2.50. The molecule has 2 aromatic rings. The number of carbonyl (C=O) groups excluding carboxylic acids is 10. The van der Waals surface area contributed by atoms with E-state index in [4.69, 9.17) is 24.7 Å². The molecule has 6 amide bonds. The summed E-state index contributed by atoms with van der Waals surface area (Å²) in [6.45, 7) is 7.89. The Hall–Kier alpha value is -7.32. The topological polar surface area (TPSA) is 395 Å².